The number of rotatable bonds is 3. The summed E-state index contributed by atoms with van der Waals surface area (Å²) in [6.45, 7) is 8.32. The Labute approximate surface area is 116 Å². The first-order valence-electron chi connectivity index (χ1n) is 6.65. The van der Waals surface area contributed by atoms with Gasteiger partial charge in [0.2, 0.25) is 0 Å². The fourth-order valence-corrected chi connectivity index (χ4v) is 2.47. The molecule has 2 aliphatic rings. The minimum atomic E-state index is -0.265. The first-order valence-corrected chi connectivity index (χ1v) is 7.19. The van der Waals surface area contributed by atoms with Crippen LogP contribution in [0.1, 0.15) is 40.5 Å². The van der Waals surface area contributed by atoms with Crippen molar-refractivity contribution in [2.24, 2.45) is 5.92 Å². The molecule has 0 aromatic carbocycles. The van der Waals surface area contributed by atoms with E-state index < -0.39 is 0 Å². The molecule has 1 atom stereocenters. The smallest absolute Gasteiger partial charge is 0.399 e. The second-order valence-electron chi connectivity index (χ2n) is 6.12. The van der Waals surface area contributed by atoms with Crippen molar-refractivity contribution in [1.29, 1.82) is 0 Å². The predicted octanol–water partition coefficient (Wildman–Crippen LogP) is 3.75. The van der Waals surface area contributed by atoms with E-state index >= 15 is 0 Å². The fraction of sp³-hybridized carbons (Fsp3) is 0.714. The predicted molar refractivity (Wildman–Crippen MR) is 76.7 cm³/mol. The summed E-state index contributed by atoms with van der Waals surface area (Å²) in [4.78, 5) is 0. The first-order chi connectivity index (χ1) is 8.36. The summed E-state index contributed by atoms with van der Waals surface area (Å²) in [5.41, 5.74) is 0.609. The van der Waals surface area contributed by atoms with E-state index in [1.807, 2.05) is 0 Å². The molecule has 2 rings (SSSR count). The zero-order valence-electron chi connectivity index (χ0n) is 11.7. The normalized spacial score (nSPS) is 29.5. The molecule has 0 saturated carbocycles. The van der Waals surface area contributed by atoms with Crippen LogP contribution in [-0.2, 0) is 9.31 Å². The lowest BCUT2D eigenvalue weighted by Gasteiger charge is -2.32. The summed E-state index contributed by atoms with van der Waals surface area (Å²) >= 11 is 5.77. The van der Waals surface area contributed by atoms with Crippen LogP contribution in [0.4, 0.5) is 0 Å². The van der Waals surface area contributed by atoms with Crippen LogP contribution in [0.15, 0.2) is 23.7 Å². The van der Waals surface area contributed by atoms with Gasteiger partial charge in [-0.05, 0) is 51.9 Å². The van der Waals surface area contributed by atoms with Gasteiger partial charge in [-0.1, -0.05) is 18.2 Å². The van der Waals surface area contributed by atoms with E-state index in [1.54, 1.807) is 0 Å². The molecule has 0 spiro atoms. The van der Waals surface area contributed by atoms with Crippen molar-refractivity contribution in [1.82, 2.24) is 0 Å². The van der Waals surface area contributed by atoms with Gasteiger partial charge in [-0.25, -0.2) is 0 Å². The summed E-state index contributed by atoms with van der Waals surface area (Å²) in [6.07, 6.45) is 8.64. The average molecular weight is 269 g/mol. The molecule has 1 saturated heterocycles. The lowest BCUT2D eigenvalue weighted by Crippen LogP contribution is -2.41. The summed E-state index contributed by atoms with van der Waals surface area (Å²) in [5.74, 6) is 1.28. The Morgan fingerprint density at radius 2 is 1.89 bits per heavy atom. The topological polar surface area (TPSA) is 18.5 Å². The molecule has 1 aliphatic heterocycles. The largest absolute Gasteiger partial charge is 0.494 e. The summed E-state index contributed by atoms with van der Waals surface area (Å²) in [6, 6.07) is 0. The Kier molecular flexibility index (Phi) is 3.96. The van der Waals surface area contributed by atoms with E-state index in [0.717, 1.165) is 18.3 Å². The molecule has 18 heavy (non-hydrogen) atoms. The van der Waals surface area contributed by atoms with Gasteiger partial charge in [0, 0.05) is 5.88 Å². The third-order valence-electron chi connectivity index (χ3n) is 4.22. The van der Waals surface area contributed by atoms with Crippen molar-refractivity contribution in [3.05, 3.63) is 23.7 Å². The van der Waals surface area contributed by atoms with Gasteiger partial charge in [0.1, 0.15) is 0 Å². The van der Waals surface area contributed by atoms with Crippen molar-refractivity contribution < 1.29 is 9.31 Å². The van der Waals surface area contributed by atoms with Crippen molar-refractivity contribution in [3.63, 3.8) is 0 Å². The molecule has 2 nitrogen and oxygen atoms in total. The molecule has 100 valence electrons. The minimum absolute atomic E-state index is 0.233. The highest BCUT2D eigenvalue weighted by Gasteiger charge is 2.52. The van der Waals surface area contributed by atoms with Crippen molar-refractivity contribution in [2.45, 2.75) is 51.7 Å². The Morgan fingerprint density at radius 1 is 1.28 bits per heavy atom. The van der Waals surface area contributed by atoms with Crippen molar-refractivity contribution in [3.8, 4) is 0 Å². The third kappa shape index (κ3) is 2.68. The molecule has 0 N–H and O–H groups in total. The van der Waals surface area contributed by atoms with E-state index in [0.29, 0.717) is 11.8 Å². The molecule has 1 aliphatic carbocycles. The second kappa shape index (κ2) is 5.03. The molecule has 0 bridgehead atoms. The summed E-state index contributed by atoms with van der Waals surface area (Å²) in [5, 5.41) is 0. The maximum absolute atomic E-state index is 6.03. The molecular weight excluding hydrogens is 246 g/mol. The van der Waals surface area contributed by atoms with Gasteiger partial charge in [-0.3, -0.25) is 0 Å². The monoisotopic (exact) mass is 268 g/mol. The fourth-order valence-electron chi connectivity index (χ4n) is 2.19. The number of allylic oxidation sites excluding steroid dienone is 4. The molecule has 1 unspecified atom stereocenters. The molecule has 0 aromatic rings. The minimum Gasteiger partial charge on any atom is -0.399 e. The number of halogens is 1. The number of hydrogen-bond donors (Lipinski definition) is 0. The van der Waals surface area contributed by atoms with Crippen LogP contribution in [0, 0.1) is 5.92 Å². The van der Waals surface area contributed by atoms with Crippen LogP contribution in [0.2, 0.25) is 0 Å². The highest BCUT2D eigenvalue weighted by Crippen LogP contribution is 2.39. The Bertz CT molecular complexity index is 358. The first kappa shape index (κ1) is 14.2. The molecule has 4 heteroatoms. The van der Waals surface area contributed by atoms with Crippen LogP contribution in [-0.4, -0.2) is 24.2 Å². The molecule has 0 amide bonds. The van der Waals surface area contributed by atoms with E-state index in [9.17, 15) is 0 Å². The van der Waals surface area contributed by atoms with Gasteiger partial charge in [-0.2, -0.15) is 0 Å². The second-order valence-corrected chi connectivity index (χ2v) is 6.50. The third-order valence-corrected chi connectivity index (χ3v) is 4.44. The van der Waals surface area contributed by atoms with Crippen molar-refractivity contribution >= 4 is 18.7 Å². The van der Waals surface area contributed by atoms with Gasteiger partial charge < -0.3 is 9.31 Å². The van der Waals surface area contributed by atoms with Crippen LogP contribution in [0.5, 0.6) is 0 Å². The van der Waals surface area contributed by atoms with E-state index in [1.165, 1.54) is 0 Å². The van der Waals surface area contributed by atoms with Crippen LogP contribution in [0.25, 0.3) is 0 Å². The molecule has 0 radical (unpaired) electrons. The molecule has 1 heterocycles. The average Bonchev–Trinajstić information content (AvgIpc) is 2.50. The Balaban J connectivity index is 2.02. The highest BCUT2D eigenvalue weighted by atomic mass is 35.5. The lowest BCUT2D eigenvalue weighted by atomic mass is 9.74. The zero-order chi connectivity index (χ0) is 13.4. The number of hydrogen-bond acceptors (Lipinski definition) is 2. The lowest BCUT2D eigenvalue weighted by molar-refractivity contribution is 0.00578. The van der Waals surface area contributed by atoms with Crippen LogP contribution >= 0.6 is 11.6 Å². The summed E-state index contributed by atoms with van der Waals surface area (Å²) in [7, 11) is -0.233. The van der Waals surface area contributed by atoms with Crippen LogP contribution < -0.4 is 0 Å². The van der Waals surface area contributed by atoms with Gasteiger partial charge in [0.15, 0.2) is 0 Å². The van der Waals surface area contributed by atoms with Gasteiger partial charge in [-0.15, -0.1) is 11.6 Å². The zero-order valence-corrected chi connectivity index (χ0v) is 12.5. The summed E-state index contributed by atoms with van der Waals surface area (Å²) < 4.78 is 12.1. The van der Waals surface area contributed by atoms with Crippen LogP contribution in [0.3, 0.4) is 0 Å². The Morgan fingerprint density at radius 3 is 2.33 bits per heavy atom. The van der Waals surface area contributed by atoms with Gasteiger partial charge >= 0.3 is 7.12 Å². The molecule has 0 aromatic heterocycles. The van der Waals surface area contributed by atoms with Gasteiger partial charge in [0.05, 0.1) is 11.2 Å². The van der Waals surface area contributed by atoms with E-state index in [4.69, 9.17) is 20.9 Å². The Hall–Kier alpha value is -0.245. The van der Waals surface area contributed by atoms with Crippen molar-refractivity contribution in [2.75, 3.05) is 5.88 Å². The SMILES string of the molecule is CC1(C)OB(C2=CCC(CCCl)C=C2)OC1(C)C. The molecular formula is C14H22BClO2. The molecule has 1 fully saturated rings. The standard InChI is InChI=1S/C14H22BClO2/c1-13(2)14(3,4)18-15(17-13)12-7-5-11(6-8-12)9-10-16/h5,7-8,11H,6,9-10H2,1-4H3. The highest BCUT2D eigenvalue weighted by molar-refractivity contribution is 6.55. The quantitative estimate of drug-likeness (QED) is 0.573. The van der Waals surface area contributed by atoms with E-state index in [-0.39, 0.29) is 18.3 Å². The van der Waals surface area contributed by atoms with Gasteiger partial charge in [0.25, 0.3) is 0 Å². The maximum atomic E-state index is 6.03. The maximum Gasteiger partial charge on any atom is 0.494 e. The number of alkyl halides is 1. The van der Waals surface area contributed by atoms with E-state index in [2.05, 4.69) is 45.9 Å².